The number of hydrogen-bond acceptors (Lipinski definition) is 4. The first-order valence-electron chi connectivity index (χ1n) is 5.04. The van der Waals surface area contributed by atoms with Crippen molar-refractivity contribution in [2.75, 3.05) is 19.0 Å². The maximum absolute atomic E-state index is 4.34. The quantitative estimate of drug-likeness (QED) is 0.612. The van der Waals surface area contributed by atoms with Crippen LogP contribution in [0.3, 0.4) is 0 Å². The molecular weight excluding hydrogens is 202 g/mol. The highest BCUT2D eigenvalue weighted by Crippen LogP contribution is 2.19. The number of anilines is 1. The molecule has 2 heterocycles. The van der Waals surface area contributed by atoms with Crippen LogP contribution in [0.4, 0.5) is 5.95 Å². The van der Waals surface area contributed by atoms with Crippen molar-refractivity contribution in [1.82, 2.24) is 19.8 Å². The van der Waals surface area contributed by atoms with Crippen molar-refractivity contribution in [3.8, 4) is 0 Å². The first kappa shape index (κ1) is 9.08. The topological polar surface area (TPSA) is 46.3 Å². The van der Waals surface area contributed by atoms with Crippen LogP contribution in [-0.2, 0) is 0 Å². The first-order chi connectivity index (χ1) is 7.77. The van der Waals surface area contributed by atoms with Gasteiger partial charge in [0.2, 0.25) is 5.95 Å². The molecule has 3 rings (SSSR count). The summed E-state index contributed by atoms with van der Waals surface area (Å²) in [5, 5.41) is 14.8. The maximum atomic E-state index is 4.34. The van der Waals surface area contributed by atoms with Crippen LogP contribution in [0.5, 0.6) is 0 Å². The molecule has 0 amide bonds. The molecule has 0 spiro atoms. The van der Waals surface area contributed by atoms with Gasteiger partial charge >= 0.3 is 0 Å². The summed E-state index contributed by atoms with van der Waals surface area (Å²) in [6.07, 6.45) is 1.83. The molecule has 0 atom stereocenters. The minimum Gasteiger partial charge on any atom is -0.346 e. The lowest BCUT2D eigenvalue weighted by Gasteiger charge is -2.07. The number of aromatic nitrogens is 4. The van der Waals surface area contributed by atoms with Crippen LogP contribution >= 0.6 is 0 Å². The van der Waals surface area contributed by atoms with E-state index in [0.717, 1.165) is 22.4 Å². The van der Waals surface area contributed by atoms with Crippen LogP contribution in [0.25, 0.3) is 16.4 Å². The van der Waals surface area contributed by atoms with E-state index in [4.69, 9.17) is 0 Å². The van der Waals surface area contributed by atoms with E-state index in [2.05, 4.69) is 15.3 Å². The molecule has 80 valence electrons. The Morgan fingerprint density at radius 2 is 1.94 bits per heavy atom. The number of nitrogens with zero attached hydrogens (tertiary/aromatic N) is 5. The van der Waals surface area contributed by atoms with E-state index in [-0.39, 0.29) is 0 Å². The highest BCUT2D eigenvalue weighted by atomic mass is 15.4. The Kier molecular flexibility index (Phi) is 1.80. The number of fused-ring (bicyclic) bond motifs is 3. The second-order valence-corrected chi connectivity index (χ2v) is 3.86. The van der Waals surface area contributed by atoms with Crippen LogP contribution in [0.1, 0.15) is 0 Å². The molecular formula is C11H11N5. The zero-order valence-corrected chi connectivity index (χ0v) is 9.12. The summed E-state index contributed by atoms with van der Waals surface area (Å²) in [6, 6.07) is 8.03. The van der Waals surface area contributed by atoms with Gasteiger partial charge in [-0.05, 0) is 0 Å². The summed E-state index contributed by atoms with van der Waals surface area (Å²) in [5.74, 6) is 0.737. The Morgan fingerprint density at radius 3 is 2.75 bits per heavy atom. The summed E-state index contributed by atoms with van der Waals surface area (Å²) in [5.41, 5.74) is 0.793. The van der Waals surface area contributed by atoms with Crippen molar-refractivity contribution < 1.29 is 0 Å². The third-order valence-electron chi connectivity index (χ3n) is 2.54. The van der Waals surface area contributed by atoms with Gasteiger partial charge in [-0.25, -0.2) is 0 Å². The minimum absolute atomic E-state index is 0.737. The third-order valence-corrected chi connectivity index (χ3v) is 2.54. The van der Waals surface area contributed by atoms with E-state index in [0.29, 0.717) is 0 Å². The van der Waals surface area contributed by atoms with Crippen molar-refractivity contribution in [1.29, 1.82) is 0 Å². The second-order valence-electron chi connectivity index (χ2n) is 3.86. The smallest absolute Gasteiger partial charge is 0.248 e. The predicted octanol–water partition coefficient (Wildman–Crippen LogP) is 1.34. The lowest BCUT2D eigenvalue weighted by molar-refractivity contribution is 0.886. The summed E-state index contributed by atoms with van der Waals surface area (Å²) in [6.45, 7) is 0. The molecule has 0 aliphatic rings. The van der Waals surface area contributed by atoms with Gasteiger partial charge < -0.3 is 4.90 Å². The average molecular weight is 213 g/mol. The normalized spacial score (nSPS) is 11.1. The molecule has 0 fully saturated rings. The fourth-order valence-corrected chi connectivity index (χ4v) is 1.76. The monoisotopic (exact) mass is 213 g/mol. The highest BCUT2D eigenvalue weighted by molar-refractivity contribution is 5.93. The molecule has 5 nitrogen and oxygen atoms in total. The van der Waals surface area contributed by atoms with Gasteiger partial charge in [-0.3, -0.25) is 0 Å². The molecule has 1 aromatic carbocycles. The molecule has 0 unspecified atom stereocenters. The molecule has 16 heavy (non-hydrogen) atoms. The van der Waals surface area contributed by atoms with E-state index < -0.39 is 0 Å². The standard InChI is InChI=1S/C11H11N5/c1-15(2)11-14-13-10-9-6-4-3-5-8(9)7-12-16(10)11/h3-7H,1-2H3. The fraction of sp³-hybridized carbons (Fsp3) is 0.182. The maximum Gasteiger partial charge on any atom is 0.248 e. The number of rotatable bonds is 1. The minimum atomic E-state index is 0.737. The van der Waals surface area contributed by atoms with Gasteiger partial charge in [0.15, 0.2) is 5.65 Å². The average Bonchev–Trinajstić information content (AvgIpc) is 2.73. The lowest BCUT2D eigenvalue weighted by atomic mass is 10.2. The Balaban J connectivity index is 2.45. The molecule has 0 aliphatic carbocycles. The number of benzene rings is 1. The third kappa shape index (κ3) is 1.14. The van der Waals surface area contributed by atoms with Crippen molar-refractivity contribution in [2.45, 2.75) is 0 Å². The van der Waals surface area contributed by atoms with Gasteiger partial charge in [-0.2, -0.15) is 9.61 Å². The zero-order chi connectivity index (χ0) is 11.1. The molecule has 0 bridgehead atoms. The SMILES string of the molecule is CN(C)c1nnc2c3ccccc3cnn12. The molecule has 2 aromatic heterocycles. The van der Waals surface area contributed by atoms with Gasteiger partial charge in [0.25, 0.3) is 0 Å². The lowest BCUT2D eigenvalue weighted by Crippen LogP contribution is -2.13. The van der Waals surface area contributed by atoms with Crippen molar-refractivity contribution in [3.63, 3.8) is 0 Å². The first-order valence-corrected chi connectivity index (χ1v) is 5.04. The van der Waals surface area contributed by atoms with E-state index in [9.17, 15) is 0 Å². The van der Waals surface area contributed by atoms with Crippen LogP contribution in [0.15, 0.2) is 30.5 Å². The van der Waals surface area contributed by atoms with E-state index in [1.54, 1.807) is 4.52 Å². The summed E-state index contributed by atoms with van der Waals surface area (Å²) >= 11 is 0. The highest BCUT2D eigenvalue weighted by Gasteiger charge is 2.10. The van der Waals surface area contributed by atoms with Gasteiger partial charge in [-0.1, -0.05) is 24.3 Å². The van der Waals surface area contributed by atoms with Crippen LogP contribution in [-0.4, -0.2) is 33.9 Å². The molecule has 0 saturated carbocycles. The molecule has 3 aromatic rings. The van der Waals surface area contributed by atoms with Crippen molar-refractivity contribution in [2.24, 2.45) is 0 Å². The Morgan fingerprint density at radius 1 is 1.12 bits per heavy atom. The van der Waals surface area contributed by atoms with Crippen LogP contribution in [0.2, 0.25) is 0 Å². The summed E-state index contributed by atoms with van der Waals surface area (Å²) in [4.78, 5) is 1.89. The van der Waals surface area contributed by atoms with Crippen molar-refractivity contribution >= 4 is 22.4 Å². The Hall–Kier alpha value is -2.17. The second kappa shape index (κ2) is 3.16. The molecule has 0 aliphatic heterocycles. The van der Waals surface area contributed by atoms with Gasteiger partial charge in [0.1, 0.15) is 0 Å². The van der Waals surface area contributed by atoms with E-state index in [1.807, 2.05) is 49.5 Å². The molecule has 0 N–H and O–H groups in total. The molecule has 0 saturated heterocycles. The Bertz CT molecular complexity index is 656. The van der Waals surface area contributed by atoms with E-state index in [1.165, 1.54) is 0 Å². The van der Waals surface area contributed by atoms with Crippen LogP contribution in [0, 0.1) is 0 Å². The predicted molar refractivity (Wildman–Crippen MR) is 62.6 cm³/mol. The number of hydrogen-bond donors (Lipinski definition) is 0. The largest absolute Gasteiger partial charge is 0.346 e. The van der Waals surface area contributed by atoms with E-state index >= 15 is 0 Å². The van der Waals surface area contributed by atoms with Crippen LogP contribution < -0.4 is 4.90 Å². The summed E-state index contributed by atoms with van der Waals surface area (Å²) < 4.78 is 1.75. The molecule has 5 heteroatoms. The zero-order valence-electron chi connectivity index (χ0n) is 9.12. The van der Waals surface area contributed by atoms with Gasteiger partial charge in [0, 0.05) is 24.9 Å². The Labute approximate surface area is 92.3 Å². The van der Waals surface area contributed by atoms with Gasteiger partial charge in [0.05, 0.1) is 6.20 Å². The molecule has 0 radical (unpaired) electrons. The fourth-order valence-electron chi connectivity index (χ4n) is 1.76. The van der Waals surface area contributed by atoms with Gasteiger partial charge in [-0.15, -0.1) is 10.2 Å². The summed E-state index contributed by atoms with van der Waals surface area (Å²) in [7, 11) is 3.85. The van der Waals surface area contributed by atoms with Crippen molar-refractivity contribution in [3.05, 3.63) is 30.5 Å².